The number of nitrogens with zero attached hydrogens (tertiary/aromatic N) is 2. The Hall–Kier alpha value is -2.86. The number of anilines is 2. The van der Waals surface area contributed by atoms with E-state index in [0.717, 1.165) is 13.1 Å². The van der Waals surface area contributed by atoms with E-state index in [1.807, 2.05) is 6.07 Å². The van der Waals surface area contributed by atoms with E-state index in [2.05, 4.69) is 15.6 Å². The molecule has 1 saturated heterocycles. The van der Waals surface area contributed by atoms with E-state index in [1.165, 1.54) is 6.07 Å². The molecule has 1 aliphatic rings. The van der Waals surface area contributed by atoms with Crippen molar-refractivity contribution in [2.75, 3.05) is 37.4 Å². The summed E-state index contributed by atoms with van der Waals surface area (Å²) in [6, 6.07) is 3.26. The quantitative estimate of drug-likeness (QED) is 0.629. The van der Waals surface area contributed by atoms with Crippen molar-refractivity contribution in [2.45, 2.75) is 19.8 Å². The Kier molecular flexibility index (Phi) is 6.54. The van der Waals surface area contributed by atoms with Crippen LogP contribution in [0.1, 0.15) is 25.3 Å². The highest BCUT2D eigenvalue weighted by molar-refractivity contribution is 5.92. The molecule has 1 amide bonds. The molecule has 0 bridgehead atoms. The molecule has 0 aromatic carbocycles. The molecule has 134 valence electrons. The van der Waals surface area contributed by atoms with E-state index in [1.54, 1.807) is 6.92 Å². The molecule has 1 aromatic heterocycles. The van der Waals surface area contributed by atoms with Gasteiger partial charge in [0.1, 0.15) is 17.5 Å². The van der Waals surface area contributed by atoms with Crippen LogP contribution in [0, 0.1) is 17.2 Å². The number of hydrogen-bond donors (Lipinski definition) is 3. The van der Waals surface area contributed by atoms with Crippen LogP contribution in [0.5, 0.6) is 5.88 Å². The van der Waals surface area contributed by atoms with Crippen LogP contribution in [0.25, 0.3) is 0 Å². The Balaban J connectivity index is 1.93. The van der Waals surface area contributed by atoms with Crippen LogP contribution in [-0.4, -0.2) is 43.2 Å². The normalized spacial score (nSPS) is 14.4. The highest BCUT2D eigenvalue weighted by Gasteiger charge is 2.23. The predicted molar refractivity (Wildman–Crippen MR) is 89.7 cm³/mol. The second-order valence-corrected chi connectivity index (χ2v) is 5.50. The zero-order valence-corrected chi connectivity index (χ0v) is 14.0. The number of nitriles is 1. The fourth-order valence-electron chi connectivity index (χ4n) is 2.45. The maximum atomic E-state index is 11.9. The predicted octanol–water partition coefficient (Wildman–Crippen LogP) is 0.415. The summed E-state index contributed by atoms with van der Waals surface area (Å²) < 4.78 is 10.3. The molecule has 2 heterocycles. The van der Waals surface area contributed by atoms with Gasteiger partial charge in [-0.25, -0.2) is 0 Å². The van der Waals surface area contributed by atoms with E-state index in [0.29, 0.717) is 19.4 Å². The molecule has 1 fully saturated rings. The average Bonchev–Trinajstić information content (AvgIpc) is 2.60. The van der Waals surface area contributed by atoms with E-state index >= 15 is 0 Å². The Morgan fingerprint density at radius 2 is 2.20 bits per heavy atom. The number of rotatable bonds is 6. The third-order valence-electron chi connectivity index (χ3n) is 3.70. The van der Waals surface area contributed by atoms with Gasteiger partial charge in [-0.05, 0) is 32.9 Å². The monoisotopic (exact) mass is 347 g/mol. The van der Waals surface area contributed by atoms with Crippen molar-refractivity contribution in [1.82, 2.24) is 10.3 Å². The highest BCUT2D eigenvalue weighted by atomic mass is 16.5. The van der Waals surface area contributed by atoms with Gasteiger partial charge in [0.2, 0.25) is 5.88 Å². The third-order valence-corrected chi connectivity index (χ3v) is 3.70. The maximum absolute atomic E-state index is 11.9. The lowest BCUT2D eigenvalue weighted by atomic mass is 9.99. The van der Waals surface area contributed by atoms with Crippen molar-refractivity contribution >= 4 is 23.4 Å². The SMILES string of the molecule is CCOc1nc(NC(=O)COC(=O)C2CCNCC2)cc(N)c1C#N. The number of nitrogens with two attached hydrogens (primary N) is 1. The minimum atomic E-state index is -0.540. The topological polar surface area (TPSA) is 139 Å². The lowest BCUT2D eigenvalue weighted by Gasteiger charge is -2.20. The van der Waals surface area contributed by atoms with Crippen LogP contribution < -0.4 is 21.1 Å². The van der Waals surface area contributed by atoms with Gasteiger partial charge < -0.3 is 25.8 Å². The Labute approximate surface area is 145 Å². The number of piperidine rings is 1. The van der Waals surface area contributed by atoms with Gasteiger partial charge in [-0.2, -0.15) is 10.2 Å². The summed E-state index contributed by atoms with van der Waals surface area (Å²) in [5.41, 5.74) is 6.02. The zero-order valence-electron chi connectivity index (χ0n) is 14.0. The first kappa shape index (κ1) is 18.5. The van der Waals surface area contributed by atoms with Crippen molar-refractivity contribution in [1.29, 1.82) is 5.26 Å². The number of carbonyl (C=O) groups is 2. The molecule has 0 spiro atoms. The van der Waals surface area contributed by atoms with Crippen molar-refractivity contribution in [3.05, 3.63) is 11.6 Å². The number of nitrogens with one attached hydrogen (secondary N) is 2. The maximum Gasteiger partial charge on any atom is 0.309 e. The van der Waals surface area contributed by atoms with Crippen molar-refractivity contribution in [3.8, 4) is 11.9 Å². The molecule has 9 nitrogen and oxygen atoms in total. The van der Waals surface area contributed by atoms with Crippen molar-refractivity contribution in [3.63, 3.8) is 0 Å². The lowest BCUT2D eigenvalue weighted by Crippen LogP contribution is -2.34. The van der Waals surface area contributed by atoms with E-state index < -0.39 is 12.5 Å². The largest absolute Gasteiger partial charge is 0.477 e. The molecule has 9 heteroatoms. The fourth-order valence-corrected chi connectivity index (χ4v) is 2.45. The summed E-state index contributed by atoms with van der Waals surface area (Å²) in [6.45, 7) is 3.16. The smallest absolute Gasteiger partial charge is 0.309 e. The molecule has 0 aliphatic carbocycles. The molecular weight excluding hydrogens is 326 g/mol. The molecule has 25 heavy (non-hydrogen) atoms. The number of ether oxygens (including phenoxy) is 2. The number of pyridine rings is 1. The minimum absolute atomic E-state index is 0.0481. The number of hydrogen-bond acceptors (Lipinski definition) is 8. The molecule has 1 aliphatic heterocycles. The molecule has 1 aromatic rings. The van der Waals surface area contributed by atoms with Crippen LogP contribution in [0.4, 0.5) is 11.5 Å². The summed E-state index contributed by atoms with van der Waals surface area (Å²) in [7, 11) is 0. The fraction of sp³-hybridized carbons (Fsp3) is 0.500. The molecule has 0 unspecified atom stereocenters. The summed E-state index contributed by atoms with van der Waals surface area (Å²) >= 11 is 0. The molecule has 0 radical (unpaired) electrons. The average molecular weight is 347 g/mol. The number of amides is 1. The first-order chi connectivity index (χ1) is 12.0. The van der Waals surface area contributed by atoms with Gasteiger partial charge in [-0.1, -0.05) is 0 Å². The minimum Gasteiger partial charge on any atom is -0.477 e. The zero-order chi connectivity index (χ0) is 18.2. The Bertz CT molecular complexity index is 680. The number of aromatic nitrogens is 1. The Morgan fingerprint density at radius 1 is 1.48 bits per heavy atom. The lowest BCUT2D eigenvalue weighted by molar-refractivity contribution is -0.152. The van der Waals surface area contributed by atoms with Gasteiger partial charge >= 0.3 is 5.97 Å². The Morgan fingerprint density at radius 3 is 2.84 bits per heavy atom. The van der Waals surface area contributed by atoms with Crippen LogP contribution >= 0.6 is 0 Å². The van der Waals surface area contributed by atoms with Crippen molar-refractivity contribution < 1.29 is 19.1 Å². The van der Waals surface area contributed by atoms with Gasteiger partial charge in [0.05, 0.1) is 18.2 Å². The van der Waals surface area contributed by atoms with E-state index in [9.17, 15) is 9.59 Å². The molecular formula is C16H21N5O4. The van der Waals surface area contributed by atoms with Crippen LogP contribution in [-0.2, 0) is 14.3 Å². The third kappa shape index (κ3) is 5.06. The summed E-state index contributed by atoms with van der Waals surface area (Å²) in [6.07, 6.45) is 1.40. The molecule has 0 atom stereocenters. The summed E-state index contributed by atoms with van der Waals surface area (Å²) in [4.78, 5) is 27.9. The second kappa shape index (κ2) is 8.84. The van der Waals surface area contributed by atoms with Crippen LogP contribution in [0.15, 0.2) is 6.07 Å². The molecule has 2 rings (SSSR count). The summed E-state index contributed by atoms with van der Waals surface area (Å²) in [5, 5.41) is 14.7. The van der Waals surface area contributed by atoms with Crippen LogP contribution in [0.3, 0.4) is 0 Å². The van der Waals surface area contributed by atoms with Gasteiger partial charge in [0, 0.05) is 6.07 Å². The molecule has 0 saturated carbocycles. The van der Waals surface area contributed by atoms with Gasteiger partial charge in [-0.3, -0.25) is 9.59 Å². The van der Waals surface area contributed by atoms with Gasteiger partial charge in [0.15, 0.2) is 6.61 Å². The van der Waals surface area contributed by atoms with Crippen molar-refractivity contribution in [2.24, 2.45) is 5.92 Å². The second-order valence-electron chi connectivity index (χ2n) is 5.50. The highest BCUT2D eigenvalue weighted by Crippen LogP contribution is 2.25. The first-order valence-corrected chi connectivity index (χ1v) is 8.05. The van der Waals surface area contributed by atoms with Gasteiger partial charge in [0.25, 0.3) is 5.91 Å². The number of carbonyl (C=O) groups excluding carboxylic acids is 2. The van der Waals surface area contributed by atoms with E-state index in [4.69, 9.17) is 20.5 Å². The summed E-state index contributed by atoms with van der Waals surface area (Å²) in [5.74, 6) is -0.919. The standard InChI is InChI=1S/C16H21N5O4/c1-2-24-15-11(8-17)12(18)7-13(21-15)20-14(22)9-25-16(23)10-3-5-19-6-4-10/h7,10,19H,2-6,9H2,1H3,(H3,18,20,21,22). The van der Waals surface area contributed by atoms with E-state index in [-0.39, 0.29) is 34.8 Å². The van der Waals surface area contributed by atoms with Gasteiger partial charge in [-0.15, -0.1) is 0 Å². The number of esters is 1. The molecule has 4 N–H and O–H groups in total. The number of nitrogen functional groups attached to an aromatic ring is 1. The first-order valence-electron chi connectivity index (χ1n) is 8.05. The van der Waals surface area contributed by atoms with Crippen LogP contribution in [0.2, 0.25) is 0 Å².